The van der Waals surface area contributed by atoms with E-state index in [4.69, 9.17) is 0 Å². The van der Waals surface area contributed by atoms with Crippen LogP contribution < -0.4 is 10.9 Å². The number of carbonyl (C=O) groups is 1. The molecule has 2 heterocycles. The molecule has 2 aromatic heterocycles. The van der Waals surface area contributed by atoms with E-state index in [1.54, 1.807) is 17.6 Å². The van der Waals surface area contributed by atoms with Gasteiger partial charge in [0.05, 0.1) is 6.42 Å². The second-order valence-corrected chi connectivity index (χ2v) is 7.66. The summed E-state index contributed by atoms with van der Waals surface area (Å²) < 4.78 is 29.8. The molecule has 0 aliphatic carbocycles. The number of nitrogens with zero attached hydrogens (tertiary/aromatic N) is 4. The van der Waals surface area contributed by atoms with Crippen molar-refractivity contribution >= 4 is 17.4 Å². The molecule has 0 aliphatic heterocycles. The molecule has 168 valence electrons. The number of rotatable bonds is 6. The summed E-state index contributed by atoms with van der Waals surface area (Å²) in [6.45, 7) is 7.77. The van der Waals surface area contributed by atoms with Crippen LogP contribution in [0.2, 0.25) is 0 Å². The minimum atomic E-state index is -0.817. The number of aromatic nitrogens is 4. The SMILES string of the molecule is C=CCn1c(C)c(CC(=O)Nc2cc(F)cc(F)c2)c(=O)n2nc(-c3ccc(C)cc3)nc12. The Morgan fingerprint density at radius 1 is 1.12 bits per heavy atom. The van der Waals surface area contributed by atoms with Crippen LogP contribution in [-0.2, 0) is 17.8 Å². The summed E-state index contributed by atoms with van der Waals surface area (Å²) in [5.74, 6) is -1.53. The predicted molar refractivity (Wildman–Crippen MR) is 121 cm³/mol. The van der Waals surface area contributed by atoms with Crippen LogP contribution in [0.1, 0.15) is 16.8 Å². The molecule has 4 aromatic rings. The number of fused-ring (bicyclic) bond motifs is 1. The molecule has 1 amide bonds. The van der Waals surface area contributed by atoms with Crippen LogP contribution in [-0.4, -0.2) is 25.1 Å². The maximum absolute atomic E-state index is 13.4. The second kappa shape index (κ2) is 8.78. The maximum atomic E-state index is 13.4. The molecule has 0 radical (unpaired) electrons. The Morgan fingerprint density at radius 2 is 1.79 bits per heavy atom. The van der Waals surface area contributed by atoms with Crippen molar-refractivity contribution in [3.8, 4) is 11.4 Å². The largest absolute Gasteiger partial charge is 0.326 e. The van der Waals surface area contributed by atoms with E-state index in [-0.39, 0.29) is 17.7 Å². The highest BCUT2D eigenvalue weighted by molar-refractivity contribution is 5.92. The van der Waals surface area contributed by atoms with E-state index >= 15 is 0 Å². The molecule has 1 N–H and O–H groups in total. The zero-order chi connectivity index (χ0) is 23.7. The monoisotopic (exact) mass is 449 g/mol. The number of amides is 1. The van der Waals surface area contributed by atoms with E-state index < -0.39 is 23.1 Å². The van der Waals surface area contributed by atoms with E-state index in [1.807, 2.05) is 31.2 Å². The topological polar surface area (TPSA) is 81.3 Å². The molecule has 2 aromatic carbocycles. The van der Waals surface area contributed by atoms with Gasteiger partial charge >= 0.3 is 0 Å². The van der Waals surface area contributed by atoms with Crippen molar-refractivity contribution in [3.63, 3.8) is 0 Å². The molecule has 0 spiro atoms. The minimum Gasteiger partial charge on any atom is -0.326 e. The van der Waals surface area contributed by atoms with Gasteiger partial charge in [0.2, 0.25) is 11.7 Å². The first-order valence-corrected chi connectivity index (χ1v) is 10.2. The van der Waals surface area contributed by atoms with Gasteiger partial charge in [0.15, 0.2) is 5.82 Å². The van der Waals surface area contributed by atoms with Gasteiger partial charge in [-0.15, -0.1) is 11.7 Å². The van der Waals surface area contributed by atoms with Crippen molar-refractivity contribution in [2.24, 2.45) is 0 Å². The van der Waals surface area contributed by atoms with Crippen LogP contribution >= 0.6 is 0 Å². The zero-order valence-corrected chi connectivity index (χ0v) is 18.1. The third-order valence-corrected chi connectivity index (χ3v) is 5.23. The quantitative estimate of drug-likeness (QED) is 0.454. The van der Waals surface area contributed by atoms with Crippen LogP contribution in [0.4, 0.5) is 14.5 Å². The summed E-state index contributed by atoms with van der Waals surface area (Å²) in [4.78, 5) is 30.4. The highest BCUT2D eigenvalue weighted by atomic mass is 19.1. The Kier molecular flexibility index (Phi) is 5.87. The number of nitrogens with one attached hydrogen (secondary N) is 1. The number of aryl methyl sites for hydroxylation is 1. The van der Waals surface area contributed by atoms with E-state index in [2.05, 4.69) is 22.0 Å². The van der Waals surface area contributed by atoms with Gasteiger partial charge in [-0.1, -0.05) is 35.9 Å². The van der Waals surface area contributed by atoms with E-state index in [1.165, 1.54) is 0 Å². The van der Waals surface area contributed by atoms with Crippen molar-refractivity contribution < 1.29 is 13.6 Å². The first-order chi connectivity index (χ1) is 15.8. The van der Waals surface area contributed by atoms with Gasteiger partial charge in [-0.25, -0.2) is 8.78 Å². The Balaban J connectivity index is 1.76. The van der Waals surface area contributed by atoms with E-state index in [9.17, 15) is 18.4 Å². The fourth-order valence-electron chi connectivity index (χ4n) is 3.58. The van der Waals surface area contributed by atoms with Gasteiger partial charge < -0.3 is 9.88 Å². The van der Waals surface area contributed by atoms with Crippen LogP contribution in [0, 0.1) is 25.5 Å². The van der Waals surface area contributed by atoms with Gasteiger partial charge in [0.1, 0.15) is 11.6 Å². The van der Waals surface area contributed by atoms with Crippen LogP contribution in [0.15, 0.2) is 59.9 Å². The first-order valence-electron chi connectivity index (χ1n) is 10.2. The average Bonchev–Trinajstić information content (AvgIpc) is 3.19. The number of hydrogen-bond donors (Lipinski definition) is 1. The molecular weight excluding hydrogens is 428 g/mol. The lowest BCUT2D eigenvalue weighted by atomic mass is 10.1. The van der Waals surface area contributed by atoms with Crippen molar-refractivity contribution in [1.82, 2.24) is 19.2 Å². The molecule has 0 saturated heterocycles. The standard InChI is InChI=1S/C24H21F2N5O2/c1-4-9-30-15(3)20(13-21(32)27-19-11-17(25)10-18(26)12-19)23(33)31-24(30)28-22(29-31)16-7-5-14(2)6-8-16/h4-8,10-12H,1,9,13H2,2-3H3,(H,27,32). The molecule has 33 heavy (non-hydrogen) atoms. The number of anilines is 1. The van der Waals surface area contributed by atoms with Crippen LogP contribution in [0.3, 0.4) is 0 Å². The number of hydrogen-bond acceptors (Lipinski definition) is 4. The Hall–Kier alpha value is -4.14. The number of allylic oxidation sites excluding steroid dienone is 1. The summed E-state index contributed by atoms with van der Waals surface area (Å²) in [6, 6.07) is 10.3. The summed E-state index contributed by atoms with van der Waals surface area (Å²) >= 11 is 0. The van der Waals surface area contributed by atoms with Crippen LogP contribution in [0.5, 0.6) is 0 Å². The zero-order valence-electron chi connectivity index (χ0n) is 18.1. The smallest absolute Gasteiger partial charge is 0.279 e. The van der Waals surface area contributed by atoms with Gasteiger partial charge in [-0.3, -0.25) is 9.59 Å². The molecule has 0 unspecified atom stereocenters. The molecule has 9 heteroatoms. The average molecular weight is 449 g/mol. The maximum Gasteiger partial charge on any atom is 0.279 e. The molecule has 0 saturated carbocycles. The molecule has 0 atom stereocenters. The van der Waals surface area contributed by atoms with Gasteiger partial charge in [0, 0.05) is 35.1 Å². The Bertz CT molecular complexity index is 1420. The van der Waals surface area contributed by atoms with Gasteiger partial charge in [-0.2, -0.15) is 9.50 Å². The summed E-state index contributed by atoms with van der Waals surface area (Å²) in [5, 5.41) is 6.81. The Morgan fingerprint density at radius 3 is 2.42 bits per heavy atom. The Labute approximate surface area is 188 Å². The summed E-state index contributed by atoms with van der Waals surface area (Å²) in [5.41, 5.74) is 2.02. The lowest BCUT2D eigenvalue weighted by molar-refractivity contribution is -0.115. The number of carbonyl (C=O) groups excluding carboxylic acids is 1. The molecule has 4 rings (SSSR count). The van der Waals surface area contributed by atoms with Crippen molar-refractivity contribution in [2.75, 3.05) is 5.32 Å². The summed E-state index contributed by atoms with van der Waals surface area (Å²) in [6.07, 6.45) is 1.34. The van der Waals surface area contributed by atoms with Crippen molar-refractivity contribution in [2.45, 2.75) is 26.8 Å². The van der Waals surface area contributed by atoms with Gasteiger partial charge in [0.25, 0.3) is 5.56 Å². The number of halogens is 2. The molecule has 0 fully saturated rings. The minimum absolute atomic E-state index is 0.0370. The number of benzene rings is 2. The first kappa shape index (κ1) is 22.1. The lowest BCUT2D eigenvalue weighted by Gasteiger charge is -2.14. The van der Waals surface area contributed by atoms with Crippen LogP contribution in [0.25, 0.3) is 17.2 Å². The fraction of sp³-hybridized carbons (Fsp3) is 0.167. The lowest BCUT2D eigenvalue weighted by Crippen LogP contribution is -2.29. The molecule has 7 nitrogen and oxygen atoms in total. The summed E-state index contributed by atoms with van der Waals surface area (Å²) in [7, 11) is 0. The van der Waals surface area contributed by atoms with E-state index in [0.717, 1.165) is 27.8 Å². The fourth-order valence-corrected chi connectivity index (χ4v) is 3.58. The third-order valence-electron chi connectivity index (χ3n) is 5.23. The predicted octanol–water partition coefficient (Wildman–Crippen LogP) is 3.82. The third kappa shape index (κ3) is 4.43. The highest BCUT2D eigenvalue weighted by Gasteiger charge is 2.20. The highest BCUT2D eigenvalue weighted by Crippen LogP contribution is 2.19. The molecule has 0 bridgehead atoms. The molecule has 0 aliphatic rings. The van der Waals surface area contributed by atoms with Crippen molar-refractivity contribution in [3.05, 3.63) is 93.9 Å². The van der Waals surface area contributed by atoms with Crippen molar-refractivity contribution in [1.29, 1.82) is 0 Å². The normalized spacial score (nSPS) is 11.0. The second-order valence-electron chi connectivity index (χ2n) is 7.66. The van der Waals surface area contributed by atoms with Gasteiger partial charge in [-0.05, 0) is 26.0 Å². The molecular formula is C24H21F2N5O2. The van der Waals surface area contributed by atoms with E-state index in [0.29, 0.717) is 29.9 Å².